The van der Waals surface area contributed by atoms with Gasteiger partial charge >= 0.3 is 7.12 Å². The van der Waals surface area contributed by atoms with Gasteiger partial charge in [-0.2, -0.15) is 0 Å². The number of hydrogen-bond donors (Lipinski definition) is 0. The van der Waals surface area contributed by atoms with Crippen molar-refractivity contribution >= 4 is 23.4 Å². The lowest BCUT2D eigenvalue weighted by atomic mass is 9.77. The zero-order valence-electron chi connectivity index (χ0n) is 16.5. The van der Waals surface area contributed by atoms with Crippen molar-refractivity contribution in [3.8, 4) is 5.69 Å². The highest BCUT2D eigenvalue weighted by Gasteiger charge is 2.54. The molecule has 144 valence electrons. The first-order valence-electron chi connectivity index (χ1n) is 9.52. The third-order valence-electron chi connectivity index (χ3n) is 6.05. The van der Waals surface area contributed by atoms with E-state index in [-0.39, 0.29) is 10.8 Å². The minimum absolute atomic E-state index is 0.0407. The molecule has 1 atom stereocenters. The number of fused-ring (bicyclic) bond motifs is 1. The monoisotopic (exact) mass is 379 g/mol. The fraction of sp³-hybridized carbons (Fsp3) is 0.318. The molecule has 1 fully saturated rings. The molecule has 6 heteroatoms. The molecule has 0 amide bonds. The molecule has 1 aliphatic rings. The highest BCUT2D eigenvalue weighted by atomic mass is 19.1. The van der Waals surface area contributed by atoms with Crippen LogP contribution in [0.1, 0.15) is 34.1 Å². The molecule has 1 saturated heterocycles. The van der Waals surface area contributed by atoms with Crippen molar-refractivity contribution in [3.63, 3.8) is 0 Å². The lowest BCUT2D eigenvalue weighted by Gasteiger charge is -2.35. The van der Waals surface area contributed by atoms with Crippen molar-refractivity contribution in [2.75, 3.05) is 0 Å². The van der Waals surface area contributed by atoms with Crippen LogP contribution in [0, 0.1) is 5.82 Å². The number of aromatic nitrogens is 1. The minimum Gasteiger partial charge on any atom is -0.399 e. The van der Waals surface area contributed by atoms with E-state index in [2.05, 4.69) is 0 Å². The molecule has 1 aromatic heterocycles. The molecule has 0 saturated carbocycles. The second kappa shape index (κ2) is 6.57. The Balaban J connectivity index is 1.86. The van der Waals surface area contributed by atoms with Gasteiger partial charge in [0.2, 0.25) is 0 Å². The SMILES string of the molecule is CCC1(C)OB(c2ccc3ccn(-c4ccccc4)c(=O)c3c2F)OC1(C)C. The van der Waals surface area contributed by atoms with Crippen LogP contribution in [0.4, 0.5) is 4.39 Å². The standard InChI is InChI=1S/C22H23BFNO3/c1-5-22(4)21(2,3)27-23(28-22)17-12-11-15-13-14-25(16-9-7-6-8-10-16)20(26)18(15)19(17)24/h6-14H,5H2,1-4H3. The predicted molar refractivity (Wildman–Crippen MR) is 110 cm³/mol. The van der Waals surface area contributed by atoms with E-state index in [4.69, 9.17) is 9.31 Å². The van der Waals surface area contributed by atoms with Gasteiger partial charge in [-0.15, -0.1) is 0 Å². The first-order chi connectivity index (χ1) is 13.3. The van der Waals surface area contributed by atoms with E-state index < -0.39 is 29.7 Å². The number of nitrogens with zero attached hydrogens (tertiary/aromatic N) is 1. The molecule has 4 nitrogen and oxygen atoms in total. The van der Waals surface area contributed by atoms with Crippen molar-refractivity contribution < 1.29 is 13.7 Å². The van der Waals surface area contributed by atoms with Crippen LogP contribution in [0.2, 0.25) is 0 Å². The molecule has 0 spiro atoms. The first kappa shape index (κ1) is 18.9. The van der Waals surface area contributed by atoms with Crippen LogP contribution in [0.3, 0.4) is 0 Å². The third kappa shape index (κ3) is 2.79. The maximum atomic E-state index is 15.5. The smallest absolute Gasteiger partial charge is 0.399 e. The summed E-state index contributed by atoms with van der Waals surface area (Å²) in [6, 6.07) is 14.3. The summed E-state index contributed by atoms with van der Waals surface area (Å²) in [5.41, 5.74) is -0.583. The van der Waals surface area contributed by atoms with E-state index in [0.29, 0.717) is 11.1 Å². The van der Waals surface area contributed by atoms with Gasteiger partial charge in [0.15, 0.2) is 0 Å². The maximum Gasteiger partial charge on any atom is 0.497 e. The fourth-order valence-electron chi connectivity index (χ4n) is 3.71. The Labute approximate surface area is 164 Å². The summed E-state index contributed by atoms with van der Waals surface area (Å²) in [5.74, 6) is -0.589. The van der Waals surface area contributed by atoms with Crippen LogP contribution in [0.25, 0.3) is 16.5 Å². The van der Waals surface area contributed by atoms with Gasteiger partial charge in [-0.1, -0.05) is 37.3 Å². The van der Waals surface area contributed by atoms with Gasteiger partial charge in [0.1, 0.15) is 5.82 Å². The van der Waals surface area contributed by atoms with Crippen molar-refractivity contribution in [3.05, 3.63) is 70.9 Å². The summed E-state index contributed by atoms with van der Waals surface area (Å²) in [5, 5.41) is 0.591. The van der Waals surface area contributed by atoms with Crippen LogP contribution in [-0.4, -0.2) is 22.9 Å². The molecule has 28 heavy (non-hydrogen) atoms. The van der Waals surface area contributed by atoms with Crippen molar-refractivity contribution in [1.29, 1.82) is 0 Å². The van der Waals surface area contributed by atoms with Crippen molar-refractivity contribution in [2.45, 2.75) is 45.3 Å². The third-order valence-corrected chi connectivity index (χ3v) is 6.05. The molecule has 1 unspecified atom stereocenters. The summed E-state index contributed by atoms with van der Waals surface area (Å²) in [7, 11) is -0.853. The Kier molecular flexibility index (Phi) is 4.44. The highest BCUT2D eigenvalue weighted by Crippen LogP contribution is 2.39. The fourth-order valence-corrected chi connectivity index (χ4v) is 3.71. The number of para-hydroxylation sites is 1. The minimum atomic E-state index is -0.853. The van der Waals surface area contributed by atoms with E-state index in [9.17, 15) is 4.79 Å². The molecule has 2 aromatic carbocycles. The molecule has 0 radical (unpaired) electrons. The van der Waals surface area contributed by atoms with Gasteiger partial charge in [0.05, 0.1) is 16.6 Å². The summed E-state index contributed by atoms with van der Waals surface area (Å²) in [6.07, 6.45) is 2.39. The number of halogens is 1. The second-order valence-corrected chi connectivity index (χ2v) is 7.92. The van der Waals surface area contributed by atoms with E-state index >= 15 is 4.39 Å². The Bertz CT molecular complexity index is 1100. The lowest BCUT2D eigenvalue weighted by Crippen LogP contribution is -2.44. The number of pyridine rings is 1. The van der Waals surface area contributed by atoms with Gasteiger partial charge in [-0.25, -0.2) is 4.39 Å². The van der Waals surface area contributed by atoms with E-state index in [1.54, 1.807) is 24.4 Å². The lowest BCUT2D eigenvalue weighted by molar-refractivity contribution is -0.0118. The van der Waals surface area contributed by atoms with Crippen LogP contribution < -0.4 is 11.0 Å². The van der Waals surface area contributed by atoms with Crippen molar-refractivity contribution in [1.82, 2.24) is 4.57 Å². The second-order valence-electron chi connectivity index (χ2n) is 7.92. The predicted octanol–water partition coefficient (Wildman–Crippen LogP) is 3.82. The average Bonchev–Trinajstić information content (AvgIpc) is 2.92. The van der Waals surface area contributed by atoms with E-state index in [0.717, 1.165) is 6.42 Å². The summed E-state index contributed by atoms with van der Waals surface area (Å²) in [4.78, 5) is 13.1. The zero-order valence-corrected chi connectivity index (χ0v) is 16.5. The van der Waals surface area contributed by atoms with Gasteiger partial charge in [-0.05, 0) is 50.8 Å². The maximum absolute atomic E-state index is 15.5. The zero-order chi connectivity index (χ0) is 20.1. The van der Waals surface area contributed by atoms with E-state index in [1.165, 1.54) is 4.57 Å². The molecule has 0 aliphatic carbocycles. The Morgan fingerprint density at radius 1 is 1.04 bits per heavy atom. The summed E-state index contributed by atoms with van der Waals surface area (Å²) in [6.45, 7) is 7.87. The first-order valence-corrected chi connectivity index (χ1v) is 9.52. The number of benzene rings is 2. The molecule has 1 aliphatic heterocycles. The normalized spacial score (nSPS) is 21.4. The number of hydrogen-bond acceptors (Lipinski definition) is 3. The molecule has 3 aromatic rings. The average molecular weight is 379 g/mol. The highest BCUT2D eigenvalue weighted by molar-refractivity contribution is 6.62. The molecule has 0 N–H and O–H groups in total. The molecule has 2 heterocycles. The molecule has 0 bridgehead atoms. The van der Waals surface area contributed by atoms with Gasteiger partial charge in [0.25, 0.3) is 5.56 Å². The summed E-state index contributed by atoms with van der Waals surface area (Å²) < 4.78 is 29.1. The molecular weight excluding hydrogens is 356 g/mol. The van der Waals surface area contributed by atoms with Crippen LogP contribution >= 0.6 is 0 Å². The van der Waals surface area contributed by atoms with Crippen molar-refractivity contribution in [2.24, 2.45) is 0 Å². The Hall–Kier alpha value is -2.44. The van der Waals surface area contributed by atoms with Crippen LogP contribution in [0.5, 0.6) is 0 Å². The molecular formula is C22H23BFNO3. The largest absolute Gasteiger partial charge is 0.497 e. The molecule has 4 rings (SSSR count). The Morgan fingerprint density at radius 2 is 1.75 bits per heavy atom. The topological polar surface area (TPSA) is 40.5 Å². The van der Waals surface area contributed by atoms with Gasteiger partial charge in [0, 0.05) is 17.3 Å². The van der Waals surface area contributed by atoms with Crippen LogP contribution in [0.15, 0.2) is 59.5 Å². The Morgan fingerprint density at radius 3 is 2.39 bits per heavy atom. The van der Waals surface area contributed by atoms with Crippen LogP contribution in [-0.2, 0) is 9.31 Å². The summed E-state index contributed by atoms with van der Waals surface area (Å²) >= 11 is 0. The van der Waals surface area contributed by atoms with Gasteiger partial charge in [-0.3, -0.25) is 9.36 Å². The number of rotatable bonds is 3. The van der Waals surface area contributed by atoms with Gasteiger partial charge < -0.3 is 9.31 Å². The quantitative estimate of drug-likeness (QED) is 0.650. The van der Waals surface area contributed by atoms with E-state index in [1.807, 2.05) is 58.0 Å².